The number of rotatable bonds is 5. The van der Waals surface area contributed by atoms with Crippen molar-refractivity contribution in [3.8, 4) is 17.1 Å². The van der Waals surface area contributed by atoms with Gasteiger partial charge in [0, 0.05) is 12.6 Å². The molecule has 1 fully saturated rings. The van der Waals surface area contributed by atoms with Gasteiger partial charge in [-0.3, -0.25) is 0 Å². The topological polar surface area (TPSA) is 96.6 Å². The molecule has 8 nitrogen and oxygen atoms in total. The van der Waals surface area contributed by atoms with Crippen molar-refractivity contribution in [1.29, 1.82) is 0 Å². The smallest absolute Gasteiger partial charge is 0.157 e. The largest absolute Gasteiger partial charge is 0.495 e. The third-order valence-electron chi connectivity index (χ3n) is 5.00. The van der Waals surface area contributed by atoms with Crippen molar-refractivity contribution >= 4 is 11.5 Å². The molecule has 0 radical (unpaired) electrons. The Hall–Kier alpha value is -2.78. The maximum absolute atomic E-state index is 14.2. The second-order valence-corrected chi connectivity index (χ2v) is 7.70. The molecule has 2 unspecified atom stereocenters. The van der Waals surface area contributed by atoms with E-state index in [0.29, 0.717) is 53.8 Å². The van der Waals surface area contributed by atoms with E-state index in [9.17, 15) is 9.50 Å². The Bertz CT molecular complexity index is 1020. The van der Waals surface area contributed by atoms with E-state index < -0.39 is 11.8 Å². The molecule has 4 heterocycles. The van der Waals surface area contributed by atoms with Gasteiger partial charge in [-0.05, 0) is 38.9 Å². The average Bonchev–Trinajstić information content (AvgIpc) is 3.11. The number of hydrogen-bond acceptors (Lipinski definition) is 7. The molecule has 2 atom stereocenters. The first kappa shape index (κ1) is 19.5. The second kappa shape index (κ2) is 7.57. The zero-order chi connectivity index (χ0) is 20.6. The number of aliphatic hydroxyl groups is 1. The number of anilines is 1. The lowest BCUT2D eigenvalue weighted by Crippen LogP contribution is -2.46. The number of nitrogens with zero attached hydrogens (tertiary/aromatic N) is 4. The molecule has 1 saturated heterocycles. The van der Waals surface area contributed by atoms with Crippen LogP contribution in [0.3, 0.4) is 0 Å². The Kier molecular flexibility index (Phi) is 5.10. The number of halogens is 1. The molecule has 154 valence electrons. The first-order chi connectivity index (χ1) is 13.9. The van der Waals surface area contributed by atoms with Gasteiger partial charge < -0.3 is 20.5 Å². The van der Waals surface area contributed by atoms with Gasteiger partial charge in [0.1, 0.15) is 34.7 Å². The summed E-state index contributed by atoms with van der Waals surface area (Å²) in [4.78, 5) is 9.02. The number of nitrogens with one attached hydrogen (secondary N) is 2. The molecular weight excluding hydrogens is 375 g/mol. The van der Waals surface area contributed by atoms with Crippen molar-refractivity contribution in [3.63, 3.8) is 0 Å². The maximum Gasteiger partial charge on any atom is 0.157 e. The number of aromatic nitrogens is 4. The molecule has 0 aliphatic carbocycles. The van der Waals surface area contributed by atoms with Crippen LogP contribution in [0, 0.1) is 0 Å². The van der Waals surface area contributed by atoms with Crippen LogP contribution in [0.1, 0.15) is 26.0 Å². The lowest BCUT2D eigenvalue weighted by molar-refractivity contribution is 0.0694. The summed E-state index contributed by atoms with van der Waals surface area (Å²) in [6.45, 7) is 4.54. The van der Waals surface area contributed by atoms with Crippen LogP contribution in [-0.4, -0.2) is 57.1 Å². The van der Waals surface area contributed by atoms with Crippen molar-refractivity contribution in [1.82, 2.24) is 24.9 Å². The van der Waals surface area contributed by atoms with Crippen LogP contribution in [0.4, 0.5) is 10.2 Å². The minimum absolute atomic E-state index is 0.321. The summed E-state index contributed by atoms with van der Waals surface area (Å²) in [7, 11) is 1.53. The molecule has 1 aliphatic heterocycles. The molecule has 0 bridgehead atoms. The zero-order valence-corrected chi connectivity index (χ0v) is 16.7. The molecule has 3 aromatic heterocycles. The van der Waals surface area contributed by atoms with Gasteiger partial charge in [0.15, 0.2) is 5.65 Å². The Balaban J connectivity index is 1.71. The Labute approximate surface area is 168 Å². The van der Waals surface area contributed by atoms with Gasteiger partial charge >= 0.3 is 0 Å². The third kappa shape index (κ3) is 3.88. The molecule has 0 spiro atoms. The summed E-state index contributed by atoms with van der Waals surface area (Å²) >= 11 is 0. The molecule has 29 heavy (non-hydrogen) atoms. The highest BCUT2D eigenvalue weighted by molar-refractivity contribution is 5.62. The second-order valence-electron chi connectivity index (χ2n) is 7.70. The van der Waals surface area contributed by atoms with E-state index in [-0.39, 0.29) is 6.04 Å². The molecule has 0 amide bonds. The number of imidazole rings is 1. The van der Waals surface area contributed by atoms with E-state index in [1.54, 1.807) is 30.6 Å². The molecule has 3 N–H and O–H groups in total. The van der Waals surface area contributed by atoms with Crippen LogP contribution in [-0.2, 0) is 5.60 Å². The number of pyridine rings is 1. The van der Waals surface area contributed by atoms with Gasteiger partial charge in [-0.15, -0.1) is 0 Å². The highest BCUT2D eigenvalue weighted by Crippen LogP contribution is 2.30. The summed E-state index contributed by atoms with van der Waals surface area (Å²) in [6, 6.07) is 6.92. The number of alkyl halides is 1. The highest BCUT2D eigenvalue weighted by Gasteiger charge is 2.26. The predicted molar refractivity (Wildman–Crippen MR) is 108 cm³/mol. The lowest BCUT2D eigenvalue weighted by atomic mass is 10.0. The van der Waals surface area contributed by atoms with Crippen molar-refractivity contribution in [2.24, 2.45) is 0 Å². The summed E-state index contributed by atoms with van der Waals surface area (Å²) in [6.07, 6.45) is 1.24. The van der Waals surface area contributed by atoms with Gasteiger partial charge in [0.2, 0.25) is 0 Å². The molecular formula is C20H25FN6O2. The van der Waals surface area contributed by atoms with Crippen LogP contribution >= 0.6 is 0 Å². The zero-order valence-electron chi connectivity index (χ0n) is 16.7. The van der Waals surface area contributed by atoms with Crippen LogP contribution in [0.15, 0.2) is 30.5 Å². The quantitative estimate of drug-likeness (QED) is 0.604. The lowest BCUT2D eigenvalue weighted by Gasteiger charge is -2.28. The molecule has 4 rings (SSSR count). The summed E-state index contributed by atoms with van der Waals surface area (Å²) in [5, 5.41) is 21.4. The van der Waals surface area contributed by atoms with Gasteiger partial charge in [0.05, 0.1) is 25.0 Å². The number of ether oxygens (including phenoxy) is 1. The average molecular weight is 400 g/mol. The van der Waals surface area contributed by atoms with Crippen molar-refractivity contribution in [3.05, 3.63) is 36.2 Å². The van der Waals surface area contributed by atoms with Crippen LogP contribution in [0.5, 0.6) is 5.75 Å². The van der Waals surface area contributed by atoms with Gasteiger partial charge in [-0.2, -0.15) is 5.10 Å². The SMILES string of the molecule is COc1cc2ncc(-c3cccc(NC4CNCCC4F)n3)n2nc1C(C)(C)O. The van der Waals surface area contributed by atoms with E-state index in [1.807, 2.05) is 18.2 Å². The molecule has 9 heteroatoms. The fourth-order valence-corrected chi connectivity index (χ4v) is 3.47. The van der Waals surface area contributed by atoms with Crippen molar-refractivity contribution in [2.75, 3.05) is 25.5 Å². The Morgan fingerprint density at radius 3 is 2.93 bits per heavy atom. The van der Waals surface area contributed by atoms with E-state index >= 15 is 0 Å². The Morgan fingerprint density at radius 2 is 2.21 bits per heavy atom. The van der Waals surface area contributed by atoms with Gasteiger partial charge in [0.25, 0.3) is 0 Å². The molecule has 3 aromatic rings. The first-order valence-corrected chi connectivity index (χ1v) is 9.61. The third-order valence-corrected chi connectivity index (χ3v) is 5.00. The highest BCUT2D eigenvalue weighted by atomic mass is 19.1. The maximum atomic E-state index is 14.2. The van der Waals surface area contributed by atoms with Gasteiger partial charge in [-0.25, -0.2) is 18.9 Å². The number of piperidine rings is 1. The Morgan fingerprint density at radius 1 is 1.38 bits per heavy atom. The molecule has 0 aromatic carbocycles. The first-order valence-electron chi connectivity index (χ1n) is 9.61. The van der Waals surface area contributed by atoms with E-state index in [4.69, 9.17) is 4.74 Å². The predicted octanol–water partition coefficient (Wildman–Crippen LogP) is 2.14. The van der Waals surface area contributed by atoms with Gasteiger partial charge in [-0.1, -0.05) is 6.07 Å². The van der Waals surface area contributed by atoms with E-state index in [0.717, 1.165) is 0 Å². The molecule has 0 saturated carbocycles. The van der Waals surface area contributed by atoms with E-state index in [1.165, 1.54) is 7.11 Å². The fourth-order valence-electron chi connectivity index (χ4n) is 3.47. The summed E-state index contributed by atoms with van der Waals surface area (Å²) < 4.78 is 21.1. The number of hydrogen-bond donors (Lipinski definition) is 3. The van der Waals surface area contributed by atoms with E-state index in [2.05, 4.69) is 25.7 Å². The summed E-state index contributed by atoms with van der Waals surface area (Å²) in [5.41, 5.74) is 1.08. The fraction of sp³-hybridized carbons (Fsp3) is 0.450. The van der Waals surface area contributed by atoms with Crippen LogP contribution < -0.4 is 15.4 Å². The monoisotopic (exact) mass is 400 g/mol. The van der Waals surface area contributed by atoms with Crippen LogP contribution in [0.2, 0.25) is 0 Å². The molecule has 1 aliphatic rings. The number of fused-ring (bicyclic) bond motifs is 1. The van der Waals surface area contributed by atoms with Crippen molar-refractivity contribution < 1.29 is 14.2 Å². The number of methoxy groups -OCH3 is 1. The summed E-state index contributed by atoms with van der Waals surface area (Å²) in [5.74, 6) is 1.05. The van der Waals surface area contributed by atoms with Crippen LogP contribution in [0.25, 0.3) is 17.0 Å². The minimum Gasteiger partial charge on any atom is -0.495 e. The standard InChI is InChI=1S/C20H25FN6O2/c1-20(2,28)19-16(29-3)9-18-23-11-15(27(18)26-19)13-5-4-6-17(24-13)25-14-10-22-8-7-12(14)21/h4-6,9,11-12,14,22,28H,7-8,10H2,1-3H3,(H,24,25). The van der Waals surface area contributed by atoms with Crippen molar-refractivity contribution in [2.45, 2.75) is 38.1 Å². The normalized spacial score (nSPS) is 20.0. The minimum atomic E-state index is -1.19.